The molecule has 0 radical (unpaired) electrons. The third-order valence-corrected chi connectivity index (χ3v) is 8.52. The van der Waals surface area contributed by atoms with Crippen molar-refractivity contribution in [2.24, 2.45) is 0 Å². The van der Waals surface area contributed by atoms with E-state index >= 15 is 0 Å². The normalized spacial score (nSPS) is 11.3. The molecule has 0 spiro atoms. The zero-order valence-electron chi connectivity index (χ0n) is 27.8. The zero-order chi connectivity index (χ0) is 31.3. The first-order valence-corrected chi connectivity index (χ1v) is 15.5. The minimum absolute atomic E-state index is 0.234. The summed E-state index contributed by atoms with van der Waals surface area (Å²) in [6.07, 6.45) is 0. The molecule has 224 valence electrons. The summed E-state index contributed by atoms with van der Waals surface area (Å²) < 4.78 is 12.7. The van der Waals surface area contributed by atoms with Gasteiger partial charge in [0.05, 0.1) is 0 Å². The second-order valence-corrected chi connectivity index (χ2v) is 12.3. The predicted molar refractivity (Wildman–Crippen MR) is 188 cm³/mol. The lowest BCUT2D eigenvalue weighted by Gasteiger charge is -2.35. The molecule has 0 atom stereocenters. The number of nitrogens with zero attached hydrogens (tertiary/aromatic N) is 2. The highest BCUT2D eigenvalue weighted by Crippen LogP contribution is 2.29. The van der Waals surface area contributed by atoms with Gasteiger partial charge in [-0.2, -0.15) is 0 Å². The molecular formula is C37H48B2N2O2. The SMILES string of the molecule is COB(c1c(C(C)C)ccc(CN(B(OC)c2c(C)cc(C)cc2C)c2ccccc2)c1C(C)C)N(C)c1ccccc1. The number of aryl methyl sites for hydroxylation is 3. The molecule has 0 aliphatic rings. The van der Waals surface area contributed by atoms with Crippen molar-refractivity contribution >= 4 is 36.4 Å². The lowest BCUT2D eigenvalue weighted by Crippen LogP contribution is -2.53. The maximum atomic E-state index is 6.38. The summed E-state index contributed by atoms with van der Waals surface area (Å²) in [6.45, 7) is 16.4. The molecule has 43 heavy (non-hydrogen) atoms. The second-order valence-electron chi connectivity index (χ2n) is 12.3. The van der Waals surface area contributed by atoms with Crippen molar-refractivity contribution in [3.8, 4) is 0 Å². The van der Waals surface area contributed by atoms with E-state index in [4.69, 9.17) is 9.31 Å². The molecule has 0 aromatic heterocycles. The van der Waals surface area contributed by atoms with Gasteiger partial charge in [-0.05, 0) is 91.5 Å². The molecule has 0 saturated heterocycles. The van der Waals surface area contributed by atoms with Crippen molar-refractivity contribution in [3.05, 3.63) is 118 Å². The van der Waals surface area contributed by atoms with Crippen LogP contribution in [0.3, 0.4) is 0 Å². The minimum Gasteiger partial charge on any atom is -0.415 e. The Bertz CT molecular complexity index is 1470. The van der Waals surface area contributed by atoms with Crippen LogP contribution >= 0.6 is 0 Å². The molecule has 4 aromatic rings. The van der Waals surface area contributed by atoms with Gasteiger partial charge in [-0.3, -0.25) is 0 Å². The number of anilines is 2. The average Bonchev–Trinajstić information content (AvgIpc) is 2.98. The van der Waals surface area contributed by atoms with Crippen LogP contribution in [0.4, 0.5) is 11.4 Å². The van der Waals surface area contributed by atoms with E-state index in [1.807, 2.05) is 14.2 Å². The van der Waals surface area contributed by atoms with Crippen LogP contribution in [0.1, 0.15) is 72.9 Å². The fraction of sp³-hybridized carbons (Fsp3) is 0.351. The van der Waals surface area contributed by atoms with Gasteiger partial charge >= 0.3 is 14.1 Å². The van der Waals surface area contributed by atoms with E-state index in [2.05, 4.69) is 150 Å². The molecule has 6 heteroatoms. The lowest BCUT2D eigenvalue weighted by molar-refractivity contribution is 0.424. The Kier molecular flexibility index (Phi) is 10.8. The minimum atomic E-state index is -0.249. The van der Waals surface area contributed by atoms with E-state index in [0.29, 0.717) is 12.5 Å². The van der Waals surface area contributed by atoms with E-state index in [9.17, 15) is 0 Å². The molecular weight excluding hydrogens is 526 g/mol. The average molecular weight is 574 g/mol. The van der Waals surface area contributed by atoms with Crippen molar-refractivity contribution in [3.63, 3.8) is 0 Å². The molecule has 0 saturated carbocycles. The first-order chi connectivity index (χ1) is 20.6. The van der Waals surface area contributed by atoms with Gasteiger partial charge < -0.3 is 18.9 Å². The van der Waals surface area contributed by atoms with Crippen LogP contribution < -0.4 is 20.5 Å². The Labute approximate surface area is 261 Å². The van der Waals surface area contributed by atoms with Crippen LogP contribution in [0.2, 0.25) is 0 Å². The highest BCUT2D eigenvalue weighted by Gasteiger charge is 2.35. The van der Waals surface area contributed by atoms with E-state index in [0.717, 1.165) is 11.4 Å². The third kappa shape index (κ3) is 7.03. The smallest absolute Gasteiger partial charge is 0.415 e. The molecule has 0 fully saturated rings. The van der Waals surface area contributed by atoms with Gasteiger partial charge in [0.2, 0.25) is 0 Å². The van der Waals surface area contributed by atoms with E-state index in [-0.39, 0.29) is 20.0 Å². The number of rotatable bonds is 12. The van der Waals surface area contributed by atoms with Crippen LogP contribution in [0.5, 0.6) is 0 Å². The molecule has 0 N–H and O–H groups in total. The summed E-state index contributed by atoms with van der Waals surface area (Å²) in [4.78, 5) is 4.66. The summed E-state index contributed by atoms with van der Waals surface area (Å²) in [5, 5.41) is 0. The summed E-state index contributed by atoms with van der Waals surface area (Å²) in [5.74, 6) is 0.630. The first-order valence-electron chi connectivity index (χ1n) is 15.5. The Morgan fingerprint density at radius 2 is 1.19 bits per heavy atom. The summed E-state index contributed by atoms with van der Waals surface area (Å²) >= 11 is 0. The largest absolute Gasteiger partial charge is 0.452 e. The quantitative estimate of drug-likeness (QED) is 0.165. The Morgan fingerprint density at radius 3 is 1.67 bits per heavy atom. The fourth-order valence-electron chi connectivity index (χ4n) is 6.66. The molecule has 0 amide bonds. The standard InChI is InChI=1S/C37H48B2N2O2/c1-26(2)34-22-21-31(35(27(3)4)37(34)38(42-9)40(8)32-17-13-11-14-18-32)25-41(33-19-15-12-16-20-33)39(43-10)36-29(6)23-28(5)24-30(36)7/h11-24,26-27H,25H2,1-10H3. The van der Waals surface area contributed by atoms with Gasteiger partial charge in [-0.25, -0.2) is 0 Å². The van der Waals surface area contributed by atoms with Crippen molar-refractivity contribution in [1.29, 1.82) is 0 Å². The van der Waals surface area contributed by atoms with Crippen LogP contribution in [0.15, 0.2) is 84.9 Å². The van der Waals surface area contributed by atoms with Crippen molar-refractivity contribution < 1.29 is 9.31 Å². The molecule has 4 rings (SSSR count). The number of para-hydroxylation sites is 2. The van der Waals surface area contributed by atoms with Crippen molar-refractivity contribution in [1.82, 2.24) is 0 Å². The summed E-state index contributed by atoms with van der Waals surface area (Å²) in [7, 11) is 5.30. The highest BCUT2D eigenvalue weighted by atomic mass is 16.4. The van der Waals surface area contributed by atoms with E-state index < -0.39 is 0 Å². The maximum Gasteiger partial charge on any atom is 0.452 e. The Morgan fingerprint density at radius 1 is 0.651 bits per heavy atom. The van der Waals surface area contributed by atoms with Gasteiger partial charge in [-0.15, -0.1) is 0 Å². The number of benzene rings is 4. The van der Waals surface area contributed by atoms with E-state index in [1.54, 1.807) is 0 Å². The van der Waals surface area contributed by atoms with Gasteiger partial charge in [0.15, 0.2) is 0 Å². The molecule has 0 aliphatic heterocycles. The molecule has 4 aromatic carbocycles. The number of hydrogen-bond acceptors (Lipinski definition) is 4. The zero-order valence-corrected chi connectivity index (χ0v) is 27.8. The summed E-state index contributed by atoms with van der Waals surface area (Å²) in [5.41, 5.74) is 12.4. The Balaban J connectivity index is 1.93. The van der Waals surface area contributed by atoms with Crippen LogP contribution in [-0.4, -0.2) is 35.4 Å². The van der Waals surface area contributed by atoms with Crippen molar-refractivity contribution in [2.75, 3.05) is 30.9 Å². The molecule has 4 nitrogen and oxygen atoms in total. The van der Waals surface area contributed by atoms with Gasteiger partial charge in [-0.1, -0.05) is 105 Å². The molecule has 0 bridgehead atoms. The van der Waals surface area contributed by atoms with Crippen LogP contribution in [-0.2, 0) is 15.9 Å². The topological polar surface area (TPSA) is 24.9 Å². The predicted octanol–water partition coefficient (Wildman–Crippen LogP) is 7.39. The van der Waals surface area contributed by atoms with Gasteiger partial charge in [0.1, 0.15) is 0 Å². The van der Waals surface area contributed by atoms with Crippen LogP contribution in [0.25, 0.3) is 0 Å². The molecule has 0 unspecified atom stereocenters. The second kappa shape index (κ2) is 14.3. The highest BCUT2D eigenvalue weighted by molar-refractivity contribution is 6.72. The third-order valence-electron chi connectivity index (χ3n) is 8.52. The fourth-order valence-corrected chi connectivity index (χ4v) is 6.66. The van der Waals surface area contributed by atoms with Gasteiger partial charge in [0, 0.05) is 32.1 Å². The van der Waals surface area contributed by atoms with Crippen molar-refractivity contribution in [2.45, 2.75) is 66.8 Å². The lowest BCUT2D eigenvalue weighted by atomic mass is 9.62. The Hall–Kier alpha value is -3.47. The van der Waals surface area contributed by atoms with E-state index in [1.165, 1.54) is 44.3 Å². The monoisotopic (exact) mass is 574 g/mol. The van der Waals surface area contributed by atoms with Gasteiger partial charge in [0.25, 0.3) is 0 Å². The molecule has 0 aliphatic carbocycles. The molecule has 0 heterocycles. The maximum absolute atomic E-state index is 6.38. The first kappa shape index (κ1) is 32.4. The summed E-state index contributed by atoms with van der Waals surface area (Å²) in [6, 6.07) is 30.3. The van der Waals surface area contributed by atoms with Crippen LogP contribution in [0, 0.1) is 20.8 Å². The number of hydrogen-bond donors (Lipinski definition) is 0.